The van der Waals surface area contributed by atoms with Gasteiger partial charge in [-0.25, -0.2) is 0 Å². The quantitative estimate of drug-likeness (QED) is 0.891. The number of rotatable bonds is 5. The average molecular weight is 254 g/mol. The predicted molar refractivity (Wildman–Crippen MR) is 75.6 cm³/mol. The number of nitrogens with zero attached hydrogens (tertiary/aromatic N) is 1. The Morgan fingerprint density at radius 3 is 2.53 bits per heavy atom. The highest BCUT2D eigenvalue weighted by molar-refractivity contribution is 5.76. The maximum Gasteiger partial charge on any atom is 0.220 e. The lowest BCUT2D eigenvalue weighted by molar-refractivity contribution is -0.121. The van der Waals surface area contributed by atoms with Crippen LogP contribution in [-0.4, -0.2) is 10.9 Å². The smallest absolute Gasteiger partial charge is 0.220 e. The molecule has 0 saturated carbocycles. The molecule has 98 valence electrons. The summed E-state index contributed by atoms with van der Waals surface area (Å²) in [5.74, 6) is 0.312. The Morgan fingerprint density at radius 1 is 1.16 bits per heavy atom. The number of hydrogen-bond acceptors (Lipinski definition) is 2. The third-order valence-corrected chi connectivity index (χ3v) is 3.10. The fourth-order valence-corrected chi connectivity index (χ4v) is 1.95. The lowest BCUT2D eigenvalue weighted by Gasteiger charge is -2.12. The first kappa shape index (κ1) is 13.3. The molecule has 1 aromatic heterocycles. The van der Waals surface area contributed by atoms with Gasteiger partial charge in [-0.1, -0.05) is 37.3 Å². The first-order chi connectivity index (χ1) is 9.25. The number of carbonyl (C=O) groups is 1. The Hall–Kier alpha value is -2.16. The molecule has 1 amide bonds. The van der Waals surface area contributed by atoms with Gasteiger partial charge in [-0.2, -0.15) is 0 Å². The lowest BCUT2D eigenvalue weighted by Crippen LogP contribution is -2.24. The normalized spacial score (nSPS) is 11.8. The Kier molecular flexibility index (Phi) is 4.67. The summed E-state index contributed by atoms with van der Waals surface area (Å²) < 4.78 is 0. The minimum absolute atomic E-state index is 0.0770. The van der Waals surface area contributed by atoms with Crippen LogP contribution in [0.25, 0.3) is 0 Å². The Morgan fingerprint density at radius 2 is 1.84 bits per heavy atom. The van der Waals surface area contributed by atoms with Crippen molar-refractivity contribution in [3.63, 3.8) is 0 Å². The van der Waals surface area contributed by atoms with Crippen molar-refractivity contribution in [3.8, 4) is 0 Å². The van der Waals surface area contributed by atoms with Crippen molar-refractivity contribution in [1.82, 2.24) is 10.3 Å². The van der Waals surface area contributed by atoms with Crippen molar-refractivity contribution in [2.24, 2.45) is 0 Å². The van der Waals surface area contributed by atoms with Crippen LogP contribution in [0.4, 0.5) is 0 Å². The third kappa shape index (κ3) is 4.21. The van der Waals surface area contributed by atoms with E-state index in [1.54, 1.807) is 12.4 Å². The fourth-order valence-electron chi connectivity index (χ4n) is 1.95. The Bertz CT molecular complexity index is 511. The first-order valence-electron chi connectivity index (χ1n) is 6.46. The van der Waals surface area contributed by atoms with Crippen molar-refractivity contribution in [3.05, 3.63) is 66.0 Å². The summed E-state index contributed by atoms with van der Waals surface area (Å²) in [5, 5.41) is 2.93. The Balaban J connectivity index is 1.82. The number of benzene rings is 1. The van der Waals surface area contributed by atoms with E-state index in [0.29, 0.717) is 13.0 Å². The summed E-state index contributed by atoms with van der Waals surface area (Å²) in [5.41, 5.74) is 2.26. The standard InChI is InChI=1S/C16H18N2O/c1-13(15-5-3-2-4-6-15)11-16(19)18-12-14-7-9-17-10-8-14/h2-10,13H,11-12H2,1H3,(H,18,19). The molecule has 0 aliphatic rings. The molecule has 3 nitrogen and oxygen atoms in total. The van der Waals surface area contributed by atoms with Crippen LogP contribution in [0.5, 0.6) is 0 Å². The first-order valence-corrected chi connectivity index (χ1v) is 6.46. The molecule has 2 rings (SSSR count). The summed E-state index contributed by atoms with van der Waals surface area (Å²) in [6.07, 6.45) is 3.97. The van der Waals surface area contributed by atoms with Gasteiger partial charge in [0.05, 0.1) is 0 Å². The summed E-state index contributed by atoms with van der Waals surface area (Å²) in [6, 6.07) is 13.9. The van der Waals surface area contributed by atoms with E-state index in [1.807, 2.05) is 30.3 Å². The van der Waals surface area contributed by atoms with Crippen molar-refractivity contribution < 1.29 is 4.79 Å². The maximum atomic E-state index is 11.9. The maximum absolute atomic E-state index is 11.9. The number of amides is 1. The number of aromatic nitrogens is 1. The van der Waals surface area contributed by atoms with Gasteiger partial charge in [0.2, 0.25) is 5.91 Å². The van der Waals surface area contributed by atoms with E-state index in [9.17, 15) is 4.79 Å². The monoisotopic (exact) mass is 254 g/mol. The van der Waals surface area contributed by atoms with Gasteiger partial charge in [0, 0.05) is 25.4 Å². The molecule has 3 heteroatoms. The van der Waals surface area contributed by atoms with Crippen LogP contribution in [-0.2, 0) is 11.3 Å². The third-order valence-electron chi connectivity index (χ3n) is 3.10. The number of carbonyl (C=O) groups excluding carboxylic acids is 1. The molecule has 2 aromatic rings. The molecule has 0 radical (unpaired) electrons. The summed E-state index contributed by atoms with van der Waals surface area (Å²) >= 11 is 0. The minimum Gasteiger partial charge on any atom is -0.352 e. The van der Waals surface area contributed by atoms with Gasteiger partial charge in [0.1, 0.15) is 0 Å². The number of hydrogen-bond donors (Lipinski definition) is 1. The van der Waals surface area contributed by atoms with Crippen LogP contribution in [0.1, 0.15) is 30.4 Å². The van der Waals surface area contributed by atoms with Crippen molar-refractivity contribution in [1.29, 1.82) is 0 Å². The molecule has 0 bridgehead atoms. The van der Waals surface area contributed by atoms with Crippen LogP contribution in [0.2, 0.25) is 0 Å². The highest BCUT2D eigenvalue weighted by atomic mass is 16.1. The van der Waals surface area contributed by atoms with Gasteiger partial charge in [-0.05, 0) is 29.2 Å². The molecule has 0 aliphatic heterocycles. The van der Waals surface area contributed by atoms with E-state index >= 15 is 0 Å². The molecular formula is C16H18N2O. The molecule has 1 N–H and O–H groups in total. The lowest BCUT2D eigenvalue weighted by atomic mass is 9.97. The van der Waals surface area contributed by atoms with Crippen LogP contribution >= 0.6 is 0 Å². The molecule has 1 atom stereocenters. The van der Waals surface area contributed by atoms with Gasteiger partial charge in [0.25, 0.3) is 0 Å². The summed E-state index contributed by atoms with van der Waals surface area (Å²) in [6.45, 7) is 2.63. The molecule has 1 unspecified atom stereocenters. The van der Waals surface area contributed by atoms with Crippen LogP contribution in [0, 0.1) is 0 Å². The van der Waals surface area contributed by atoms with E-state index in [-0.39, 0.29) is 11.8 Å². The largest absolute Gasteiger partial charge is 0.352 e. The van der Waals surface area contributed by atoms with E-state index in [0.717, 1.165) is 5.56 Å². The van der Waals surface area contributed by atoms with Crippen molar-refractivity contribution in [2.45, 2.75) is 25.8 Å². The summed E-state index contributed by atoms with van der Waals surface area (Å²) in [7, 11) is 0. The van der Waals surface area contributed by atoms with Gasteiger partial charge < -0.3 is 5.32 Å². The minimum atomic E-state index is 0.0770. The molecule has 1 aromatic carbocycles. The van der Waals surface area contributed by atoms with Gasteiger partial charge in [0.15, 0.2) is 0 Å². The predicted octanol–water partition coefficient (Wildman–Crippen LogP) is 2.89. The number of pyridine rings is 1. The molecule has 0 aliphatic carbocycles. The molecule has 19 heavy (non-hydrogen) atoms. The van der Waals surface area contributed by atoms with E-state index < -0.39 is 0 Å². The second-order valence-electron chi connectivity index (χ2n) is 4.65. The van der Waals surface area contributed by atoms with Crippen molar-refractivity contribution >= 4 is 5.91 Å². The molecule has 0 spiro atoms. The van der Waals surface area contributed by atoms with Gasteiger partial charge in [-0.3, -0.25) is 9.78 Å². The summed E-state index contributed by atoms with van der Waals surface area (Å²) in [4.78, 5) is 15.8. The highest BCUT2D eigenvalue weighted by Crippen LogP contribution is 2.18. The molecule has 1 heterocycles. The SMILES string of the molecule is CC(CC(=O)NCc1ccncc1)c1ccccc1. The fraction of sp³-hybridized carbons (Fsp3) is 0.250. The molecular weight excluding hydrogens is 236 g/mol. The van der Waals surface area contributed by atoms with Crippen LogP contribution in [0.3, 0.4) is 0 Å². The zero-order valence-corrected chi connectivity index (χ0v) is 11.0. The second-order valence-corrected chi connectivity index (χ2v) is 4.65. The van der Waals surface area contributed by atoms with Gasteiger partial charge >= 0.3 is 0 Å². The number of nitrogens with one attached hydrogen (secondary N) is 1. The Labute approximate surface area is 113 Å². The van der Waals surface area contributed by atoms with Crippen LogP contribution in [0.15, 0.2) is 54.9 Å². The van der Waals surface area contributed by atoms with Gasteiger partial charge in [-0.15, -0.1) is 0 Å². The topological polar surface area (TPSA) is 42.0 Å². The van der Waals surface area contributed by atoms with Crippen LogP contribution < -0.4 is 5.32 Å². The van der Waals surface area contributed by atoms with Crippen molar-refractivity contribution in [2.75, 3.05) is 0 Å². The van der Waals surface area contributed by atoms with E-state index in [2.05, 4.69) is 29.4 Å². The second kappa shape index (κ2) is 6.69. The zero-order valence-electron chi connectivity index (χ0n) is 11.0. The highest BCUT2D eigenvalue weighted by Gasteiger charge is 2.10. The van der Waals surface area contributed by atoms with E-state index in [1.165, 1.54) is 5.56 Å². The molecule has 0 fully saturated rings. The zero-order chi connectivity index (χ0) is 13.5. The average Bonchev–Trinajstić information content (AvgIpc) is 2.47. The van der Waals surface area contributed by atoms with E-state index in [4.69, 9.17) is 0 Å². The molecule has 0 saturated heterocycles.